The van der Waals surface area contributed by atoms with Crippen molar-refractivity contribution in [3.63, 3.8) is 0 Å². The molecule has 4 N–H and O–H groups in total. The van der Waals surface area contributed by atoms with Gasteiger partial charge in [-0.1, -0.05) is 12.2 Å². The van der Waals surface area contributed by atoms with Crippen LogP contribution in [0, 0.1) is 0 Å². The quantitative estimate of drug-likeness (QED) is 0.260. The molecule has 0 aromatic heterocycles. The van der Waals surface area contributed by atoms with Crippen LogP contribution in [-0.4, -0.2) is 19.6 Å². The van der Waals surface area contributed by atoms with Gasteiger partial charge in [-0.05, 0) is 0 Å². The maximum absolute atomic E-state index is 9.19. The monoisotopic (exact) mass is 196 g/mol. The molecule has 0 spiro atoms. The third-order valence-electron chi connectivity index (χ3n) is 0. The highest BCUT2D eigenvalue weighted by Crippen LogP contribution is 2.39. The Balaban J connectivity index is 0. The number of rotatable bonds is 0. The van der Waals surface area contributed by atoms with Gasteiger partial charge in [-0.25, -0.2) is 4.57 Å². The van der Waals surface area contributed by atoms with Crippen LogP contribution in [0.15, 0.2) is 0 Å². The smallest absolute Gasteiger partial charge is 0.326 e. The van der Waals surface area contributed by atoms with Gasteiger partial charge in [-0.3, -0.25) is 4.57 Å². The Morgan fingerprint density at radius 1 is 1.33 bits per heavy atom. The molecule has 0 aliphatic heterocycles. The van der Waals surface area contributed by atoms with E-state index in [2.05, 4.69) is 12.2 Å². The van der Waals surface area contributed by atoms with Crippen molar-refractivity contribution < 1.29 is 28.7 Å². The molecule has 0 fully saturated rings. The van der Waals surface area contributed by atoms with Gasteiger partial charge >= 0.3 is 15.1 Å². The Labute approximate surface area is 56.8 Å². The Hall–Kier alpha value is 0.650. The lowest BCUT2D eigenvalue weighted by Gasteiger charge is -1.82. The molecule has 0 atom stereocenters. The minimum Gasteiger partial charge on any atom is -0.326 e. The zero-order chi connectivity index (χ0) is 8.08. The molecule has 0 amide bonds. The second-order valence-corrected chi connectivity index (χ2v) is 3.95. The number of hydrogen-bond acceptors (Lipinski definition) is 2. The molecule has 0 heterocycles. The van der Waals surface area contributed by atoms with Crippen molar-refractivity contribution >= 4 is 27.3 Å². The number of thiol groups is 1. The van der Waals surface area contributed by atoms with Crippen molar-refractivity contribution in [2.45, 2.75) is 0 Å². The standard InChI is InChI=1S/H3O3PS.H3O3P/c1-4(2,3)5;1-4(2)3/h(H3,1,2,3,5);4H,(H2,1,2,3). The first-order valence-corrected chi connectivity index (χ1v) is 5.50. The fourth-order valence-electron chi connectivity index (χ4n) is 0. The van der Waals surface area contributed by atoms with Crippen LogP contribution in [0.25, 0.3) is 0 Å². The van der Waals surface area contributed by atoms with Crippen molar-refractivity contribution in [3.05, 3.63) is 0 Å². The van der Waals surface area contributed by atoms with Crippen LogP contribution in [0.1, 0.15) is 0 Å². The Kier molecular flexibility index (Phi) is 7.45. The average Bonchev–Trinajstić information content (AvgIpc) is 1.19. The second-order valence-electron chi connectivity index (χ2n) is 0.796. The summed E-state index contributed by atoms with van der Waals surface area (Å²) in [5.74, 6) is 0. The van der Waals surface area contributed by atoms with Gasteiger partial charge in [0, 0.05) is 0 Å². The fraction of sp³-hybridized carbons (Fsp3) is 0. The summed E-state index contributed by atoms with van der Waals surface area (Å²) < 4.78 is 17.9. The minimum absolute atomic E-state index is 2.79. The van der Waals surface area contributed by atoms with Crippen molar-refractivity contribution in [2.75, 3.05) is 0 Å². The molecule has 0 aliphatic rings. The lowest BCUT2D eigenvalue weighted by atomic mass is 15.8. The van der Waals surface area contributed by atoms with Crippen molar-refractivity contribution in [1.82, 2.24) is 0 Å². The summed E-state index contributed by atoms with van der Waals surface area (Å²) in [6.07, 6.45) is 0. The molecule has 58 valence electrons. The normalized spacial score (nSPS) is 10.4. The zero-order valence-electron chi connectivity index (χ0n) is 4.00. The van der Waals surface area contributed by atoms with E-state index in [9.17, 15) is 4.57 Å². The first-order chi connectivity index (χ1) is 3.73. The maximum Gasteiger partial charge on any atom is 0.380 e. The molecule has 0 radical (unpaired) electrons. The maximum atomic E-state index is 9.19. The van der Waals surface area contributed by atoms with Gasteiger partial charge in [0.25, 0.3) is 0 Å². The van der Waals surface area contributed by atoms with Crippen LogP contribution in [-0.2, 0) is 9.13 Å². The zero-order valence-corrected chi connectivity index (χ0v) is 6.79. The van der Waals surface area contributed by atoms with Gasteiger partial charge in [0.1, 0.15) is 0 Å². The Morgan fingerprint density at radius 2 is 1.33 bits per heavy atom. The van der Waals surface area contributed by atoms with Gasteiger partial charge < -0.3 is 19.6 Å². The number of hydrogen-bond donors (Lipinski definition) is 5. The molecule has 0 aromatic rings. The third kappa shape index (κ3) is 905. The highest BCUT2D eigenvalue weighted by molar-refractivity contribution is 8.43. The van der Waals surface area contributed by atoms with E-state index in [1.54, 1.807) is 0 Å². The fourth-order valence-corrected chi connectivity index (χ4v) is 0. The summed E-state index contributed by atoms with van der Waals surface area (Å²) in [5, 5.41) is 0. The summed E-state index contributed by atoms with van der Waals surface area (Å²) in [6, 6.07) is 0. The van der Waals surface area contributed by atoms with Crippen LogP contribution in [0.2, 0.25) is 0 Å². The van der Waals surface area contributed by atoms with Gasteiger partial charge in [-0.15, -0.1) is 0 Å². The average molecular weight is 196 g/mol. The van der Waals surface area contributed by atoms with Crippen LogP contribution in [0.5, 0.6) is 0 Å². The Bertz CT molecular complexity index is 111. The van der Waals surface area contributed by atoms with Crippen LogP contribution < -0.4 is 0 Å². The molecule has 9 heteroatoms. The first kappa shape index (κ1) is 12.3. The topological polar surface area (TPSA) is 115 Å². The molecule has 0 bridgehead atoms. The van der Waals surface area contributed by atoms with Crippen molar-refractivity contribution in [2.24, 2.45) is 0 Å². The SMILES string of the molecule is O=P(O)(O)S.O=[PH](O)O. The van der Waals surface area contributed by atoms with Crippen LogP contribution >= 0.6 is 27.3 Å². The molecule has 0 rings (SSSR count). The molecule has 9 heavy (non-hydrogen) atoms. The van der Waals surface area contributed by atoms with E-state index in [1.807, 2.05) is 0 Å². The van der Waals surface area contributed by atoms with E-state index >= 15 is 0 Å². The lowest BCUT2D eigenvalue weighted by molar-refractivity contribution is 0.397. The highest BCUT2D eigenvalue weighted by atomic mass is 32.7. The van der Waals surface area contributed by atoms with E-state index in [0.717, 1.165) is 0 Å². The predicted molar refractivity (Wildman–Crippen MR) is 34.5 cm³/mol. The Morgan fingerprint density at radius 3 is 1.33 bits per heavy atom. The van der Waals surface area contributed by atoms with E-state index in [1.165, 1.54) is 0 Å². The molecular formula is H6O6P2S. The van der Waals surface area contributed by atoms with Gasteiger partial charge in [0.05, 0.1) is 0 Å². The summed E-state index contributed by atoms with van der Waals surface area (Å²) in [5.41, 5.74) is 0. The van der Waals surface area contributed by atoms with Gasteiger partial charge in [0.15, 0.2) is 0 Å². The molecule has 0 saturated carbocycles. The molecular weight excluding hydrogens is 190 g/mol. The molecule has 0 saturated heterocycles. The minimum atomic E-state index is -3.94. The summed E-state index contributed by atoms with van der Waals surface area (Å²) in [4.78, 5) is 29.3. The largest absolute Gasteiger partial charge is 0.380 e. The summed E-state index contributed by atoms with van der Waals surface area (Å²) in [6.45, 7) is -3.94. The molecule has 0 unspecified atom stereocenters. The van der Waals surface area contributed by atoms with E-state index < -0.39 is 15.1 Å². The van der Waals surface area contributed by atoms with Gasteiger partial charge in [0.2, 0.25) is 0 Å². The van der Waals surface area contributed by atoms with E-state index in [0.29, 0.717) is 0 Å². The van der Waals surface area contributed by atoms with Crippen molar-refractivity contribution in [1.29, 1.82) is 0 Å². The molecule has 6 nitrogen and oxygen atoms in total. The lowest BCUT2D eigenvalue weighted by Crippen LogP contribution is -1.54. The van der Waals surface area contributed by atoms with Crippen LogP contribution in [0.4, 0.5) is 0 Å². The molecule has 0 aromatic carbocycles. The van der Waals surface area contributed by atoms with Gasteiger partial charge in [-0.2, -0.15) is 0 Å². The summed E-state index contributed by atoms with van der Waals surface area (Å²) in [7, 11) is -3.13. The third-order valence-corrected chi connectivity index (χ3v) is 0. The highest BCUT2D eigenvalue weighted by Gasteiger charge is 1.97. The predicted octanol–water partition coefficient (Wildman–Crippen LogP) is -0.630. The molecule has 0 aliphatic carbocycles. The van der Waals surface area contributed by atoms with E-state index in [-0.39, 0.29) is 0 Å². The van der Waals surface area contributed by atoms with E-state index in [4.69, 9.17) is 24.1 Å². The van der Waals surface area contributed by atoms with Crippen LogP contribution in [0.3, 0.4) is 0 Å². The first-order valence-electron chi connectivity index (χ1n) is 1.43. The second kappa shape index (κ2) is 5.44. The van der Waals surface area contributed by atoms with Crippen molar-refractivity contribution in [3.8, 4) is 0 Å². The summed E-state index contributed by atoms with van der Waals surface area (Å²) >= 11 is 2.79.